The number of rotatable bonds is 3. The standard InChI is InChI=1S/C18H27N3O2/c1-19(2)16-8-9-21(18(22)20-10-12-23-13-11-20)17(16)14-15-6-4-3-5-7-15/h3-7,16-17H,8-14H2,1-2H3/t16-,17-/m1/s1. The van der Waals surface area contributed by atoms with E-state index >= 15 is 0 Å². The SMILES string of the molecule is CN(C)[C@@H]1CCN(C(=O)N2CCOCC2)[C@@H]1Cc1ccccc1. The van der Waals surface area contributed by atoms with Gasteiger partial charge in [0.1, 0.15) is 0 Å². The van der Waals surface area contributed by atoms with Crippen LogP contribution >= 0.6 is 0 Å². The third-order valence-corrected chi connectivity index (χ3v) is 4.99. The van der Waals surface area contributed by atoms with Crippen molar-refractivity contribution in [3.8, 4) is 0 Å². The number of hydrogen-bond acceptors (Lipinski definition) is 3. The minimum absolute atomic E-state index is 0.179. The minimum atomic E-state index is 0.179. The van der Waals surface area contributed by atoms with Gasteiger partial charge in [-0.05, 0) is 32.5 Å². The average molecular weight is 317 g/mol. The maximum atomic E-state index is 12.9. The van der Waals surface area contributed by atoms with Gasteiger partial charge >= 0.3 is 6.03 Å². The molecule has 0 spiro atoms. The van der Waals surface area contributed by atoms with Crippen LogP contribution in [0.2, 0.25) is 0 Å². The first-order valence-corrected chi connectivity index (χ1v) is 8.50. The summed E-state index contributed by atoms with van der Waals surface area (Å²) in [7, 11) is 4.23. The van der Waals surface area contributed by atoms with Gasteiger partial charge in [-0.3, -0.25) is 0 Å². The van der Waals surface area contributed by atoms with Crippen LogP contribution < -0.4 is 0 Å². The summed E-state index contributed by atoms with van der Waals surface area (Å²) in [6.07, 6.45) is 1.96. The zero-order valence-corrected chi connectivity index (χ0v) is 14.1. The van der Waals surface area contributed by atoms with E-state index in [0.717, 1.165) is 19.4 Å². The van der Waals surface area contributed by atoms with Crippen LogP contribution in [0.4, 0.5) is 4.79 Å². The lowest BCUT2D eigenvalue weighted by molar-refractivity contribution is 0.0408. The number of benzene rings is 1. The van der Waals surface area contributed by atoms with Crippen molar-refractivity contribution < 1.29 is 9.53 Å². The Hall–Kier alpha value is -1.59. The number of amides is 2. The summed E-state index contributed by atoms with van der Waals surface area (Å²) in [4.78, 5) is 19.2. The molecule has 2 saturated heterocycles. The largest absolute Gasteiger partial charge is 0.378 e. The molecule has 0 bridgehead atoms. The van der Waals surface area contributed by atoms with Crippen molar-refractivity contribution in [2.75, 3.05) is 46.9 Å². The number of likely N-dealkylation sites (N-methyl/N-ethyl adjacent to an activating group) is 1. The van der Waals surface area contributed by atoms with Crippen LogP contribution in [0.5, 0.6) is 0 Å². The second-order valence-corrected chi connectivity index (χ2v) is 6.65. The van der Waals surface area contributed by atoms with Crippen LogP contribution in [-0.4, -0.2) is 79.8 Å². The topological polar surface area (TPSA) is 36.0 Å². The molecule has 5 nitrogen and oxygen atoms in total. The number of likely N-dealkylation sites (tertiary alicyclic amines) is 1. The molecule has 2 amide bonds. The van der Waals surface area contributed by atoms with Gasteiger partial charge in [0.25, 0.3) is 0 Å². The summed E-state index contributed by atoms with van der Waals surface area (Å²) >= 11 is 0. The predicted molar refractivity (Wildman–Crippen MR) is 90.5 cm³/mol. The molecule has 0 aliphatic carbocycles. The first kappa shape index (κ1) is 16.3. The van der Waals surface area contributed by atoms with E-state index < -0.39 is 0 Å². The van der Waals surface area contributed by atoms with E-state index in [1.54, 1.807) is 0 Å². The molecule has 0 saturated carbocycles. The highest BCUT2D eigenvalue weighted by Crippen LogP contribution is 2.26. The molecule has 0 N–H and O–H groups in total. The van der Waals surface area contributed by atoms with E-state index in [9.17, 15) is 4.79 Å². The third-order valence-electron chi connectivity index (χ3n) is 4.99. The van der Waals surface area contributed by atoms with Crippen molar-refractivity contribution in [1.82, 2.24) is 14.7 Å². The molecule has 2 heterocycles. The van der Waals surface area contributed by atoms with E-state index in [1.165, 1.54) is 5.56 Å². The maximum absolute atomic E-state index is 12.9. The molecule has 1 aromatic rings. The number of nitrogens with zero attached hydrogens (tertiary/aromatic N) is 3. The number of hydrogen-bond donors (Lipinski definition) is 0. The molecule has 3 rings (SSSR count). The lowest BCUT2D eigenvalue weighted by Gasteiger charge is -2.36. The number of carbonyl (C=O) groups excluding carboxylic acids is 1. The van der Waals surface area contributed by atoms with Gasteiger partial charge < -0.3 is 19.4 Å². The van der Waals surface area contributed by atoms with Crippen LogP contribution in [0.15, 0.2) is 30.3 Å². The lowest BCUT2D eigenvalue weighted by Crippen LogP contribution is -2.52. The van der Waals surface area contributed by atoms with Crippen LogP contribution in [-0.2, 0) is 11.2 Å². The summed E-state index contributed by atoms with van der Waals surface area (Å²) in [6, 6.07) is 11.3. The highest BCUT2D eigenvalue weighted by atomic mass is 16.5. The van der Waals surface area contributed by atoms with Crippen molar-refractivity contribution in [3.63, 3.8) is 0 Å². The predicted octanol–water partition coefficient (Wildman–Crippen LogP) is 1.69. The normalized spacial score (nSPS) is 25.2. The highest BCUT2D eigenvalue weighted by molar-refractivity contribution is 5.75. The number of morpholine rings is 1. The Bertz CT molecular complexity index is 514. The van der Waals surface area contributed by atoms with E-state index in [4.69, 9.17) is 4.74 Å². The van der Waals surface area contributed by atoms with Gasteiger partial charge in [-0.15, -0.1) is 0 Å². The van der Waals surface area contributed by atoms with E-state index in [1.807, 2.05) is 11.0 Å². The van der Waals surface area contributed by atoms with Crippen molar-refractivity contribution in [1.29, 1.82) is 0 Å². The zero-order valence-electron chi connectivity index (χ0n) is 14.1. The van der Waals surface area contributed by atoms with E-state index in [0.29, 0.717) is 32.3 Å². The van der Waals surface area contributed by atoms with E-state index in [-0.39, 0.29) is 12.1 Å². The monoisotopic (exact) mass is 317 g/mol. The van der Waals surface area contributed by atoms with Gasteiger partial charge in [0, 0.05) is 25.7 Å². The molecule has 0 aromatic heterocycles. The van der Waals surface area contributed by atoms with Gasteiger partial charge in [0.05, 0.1) is 19.3 Å². The summed E-state index contributed by atoms with van der Waals surface area (Å²) in [5.74, 6) is 0. The minimum Gasteiger partial charge on any atom is -0.378 e. The Kier molecular flexibility index (Phi) is 5.18. The van der Waals surface area contributed by atoms with Gasteiger partial charge in [-0.25, -0.2) is 4.79 Å². The molecule has 5 heteroatoms. The van der Waals surface area contributed by atoms with Crippen LogP contribution in [0, 0.1) is 0 Å². The van der Waals surface area contributed by atoms with Crippen molar-refractivity contribution in [2.24, 2.45) is 0 Å². The smallest absolute Gasteiger partial charge is 0.320 e. The zero-order chi connectivity index (χ0) is 16.2. The second-order valence-electron chi connectivity index (χ2n) is 6.65. The first-order valence-electron chi connectivity index (χ1n) is 8.50. The van der Waals surface area contributed by atoms with Crippen LogP contribution in [0.25, 0.3) is 0 Å². The molecule has 2 aliphatic rings. The van der Waals surface area contributed by atoms with Gasteiger partial charge in [0.15, 0.2) is 0 Å². The molecular weight excluding hydrogens is 290 g/mol. The fraction of sp³-hybridized carbons (Fsp3) is 0.611. The van der Waals surface area contributed by atoms with Crippen molar-refractivity contribution >= 4 is 6.03 Å². The maximum Gasteiger partial charge on any atom is 0.320 e. The van der Waals surface area contributed by atoms with E-state index in [2.05, 4.69) is 48.2 Å². The highest BCUT2D eigenvalue weighted by Gasteiger charge is 2.39. The number of urea groups is 1. The van der Waals surface area contributed by atoms with Crippen LogP contribution in [0.1, 0.15) is 12.0 Å². The molecule has 23 heavy (non-hydrogen) atoms. The van der Waals surface area contributed by atoms with Crippen molar-refractivity contribution in [2.45, 2.75) is 24.9 Å². The van der Waals surface area contributed by atoms with Gasteiger partial charge in [0.2, 0.25) is 0 Å². The summed E-state index contributed by atoms with van der Waals surface area (Å²) in [6.45, 7) is 3.57. The molecule has 2 atom stereocenters. The molecule has 2 fully saturated rings. The summed E-state index contributed by atoms with van der Waals surface area (Å²) in [5.41, 5.74) is 1.30. The van der Waals surface area contributed by atoms with Crippen LogP contribution in [0.3, 0.4) is 0 Å². The summed E-state index contributed by atoms with van der Waals surface area (Å²) in [5, 5.41) is 0. The summed E-state index contributed by atoms with van der Waals surface area (Å²) < 4.78 is 5.37. The lowest BCUT2D eigenvalue weighted by atomic mass is 9.99. The van der Waals surface area contributed by atoms with Gasteiger partial charge in [-0.1, -0.05) is 30.3 Å². The third kappa shape index (κ3) is 3.67. The quantitative estimate of drug-likeness (QED) is 0.851. The number of carbonyl (C=O) groups is 1. The average Bonchev–Trinajstić information content (AvgIpc) is 2.99. The second kappa shape index (κ2) is 7.32. The fourth-order valence-electron chi connectivity index (χ4n) is 3.72. The van der Waals surface area contributed by atoms with Gasteiger partial charge in [-0.2, -0.15) is 0 Å². The Balaban J connectivity index is 1.75. The molecule has 126 valence electrons. The Labute approximate surface area is 138 Å². The Morgan fingerprint density at radius 1 is 1.17 bits per heavy atom. The molecule has 1 aromatic carbocycles. The Morgan fingerprint density at radius 2 is 1.87 bits per heavy atom. The van der Waals surface area contributed by atoms with Crippen molar-refractivity contribution in [3.05, 3.63) is 35.9 Å². The number of ether oxygens (including phenoxy) is 1. The fourth-order valence-corrected chi connectivity index (χ4v) is 3.72. The molecule has 2 aliphatic heterocycles. The molecular formula is C18H27N3O2. The Morgan fingerprint density at radius 3 is 2.52 bits per heavy atom. The first-order chi connectivity index (χ1) is 11.2. The molecule has 0 unspecified atom stereocenters. The molecule has 0 radical (unpaired) electrons.